The van der Waals surface area contributed by atoms with E-state index in [2.05, 4.69) is 9.71 Å². The van der Waals surface area contributed by atoms with Crippen LogP contribution < -0.4 is 14.4 Å². The Hall–Kier alpha value is -2.12. The highest BCUT2D eigenvalue weighted by Gasteiger charge is 2.16. The van der Waals surface area contributed by atoms with Gasteiger partial charge < -0.3 is 9.64 Å². The van der Waals surface area contributed by atoms with E-state index in [0.29, 0.717) is 12.4 Å². The van der Waals surface area contributed by atoms with Gasteiger partial charge >= 0.3 is 0 Å². The molecular formula is C17H23N3O3S. The van der Waals surface area contributed by atoms with Gasteiger partial charge in [-0.1, -0.05) is 6.07 Å². The van der Waals surface area contributed by atoms with Gasteiger partial charge in [0.1, 0.15) is 11.6 Å². The summed E-state index contributed by atoms with van der Waals surface area (Å²) in [5.41, 5.74) is 1.60. The van der Waals surface area contributed by atoms with Crippen LogP contribution in [0.3, 0.4) is 0 Å². The van der Waals surface area contributed by atoms with E-state index in [1.54, 1.807) is 30.5 Å². The fourth-order valence-corrected chi connectivity index (χ4v) is 3.42. The largest absolute Gasteiger partial charge is 0.494 e. The van der Waals surface area contributed by atoms with Crippen LogP contribution in [-0.4, -0.2) is 34.1 Å². The third-order valence-corrected chi connectivity index (χ3v) is 4.90. The molecule has 0 saturated carbocycles. The summed E-state index contributed by atoms with van der Waals surface area (Å²) >= 11 is 0. The van der Waals surface area contributed by atoms with E-state index in [9.17, 15) is 8.42 Å². The number of sulfonamides is 1. The first-order valence-corrected chi connectivity index (χ1v) is 9.17. The van der Waals surface area contributed by atoms with Crippen molar-refractivity contribution in [2.75, 3.05) is 25.6 Å². The smallest absolute Gasteiger partial charge is 0.240 e. The lowest BCUT2D eigenvalue weighted by molar-refractivity contribution is 0.337. The molecule has 0 amide bonds. The number of benzene rings is 1. The minimum absolute atomic E-state index is 0.177. The zero-order valence-electron chi connectivity index (χ0n) is 14.4. The predicted molar refractivity (Wildman–Crippen MR) is 94.9 cm³/mol. The quantitative estimate of drug-likeness (QED) is 0.831. The van der Waals surface area contributed by atoms with Crippen molar-refractivity contribution in [1.29, 1.82) is 0 Å². The summed E-state index contributed by atoms with van der Waals surface area (Å²) in [7, 11) is 0.135. The number of nitrogens with one attached hydrogen (secondary N) is 1. The average molecular weight is 349 g/mol. The Labute approximate surface area is 143 Å². The molecule has 0 bridgehead atoms. The maximum atomic E-state index is 12.5. The maximum absolute atomic E-state index is 12.5. The van der Waals surface area contributed by atoms with Crippen molar-refractivity contribution in [3.8, 4) is 5.75 Å². The van der Waals surface area contributed by atoms with Crippen LogP contribution in [0.25, 0.3) is 0 Å². The first-order valence-electron chi connectivity index (χ1n) is 7.69. The van der Waals surface area contributed by atoms with E-state index in [1.165, 1.54) is 0 Å². The van der Waals surface area contributed by atoms with E-state index in [-0.39, 0.29) is 11.4 Å². The van der Waals surface area contributed by atoms with Crippen LogP contribution >= 0.6 is 0 Å². The standard InChI is InChI=1S/C17H23N3O3S/c1-5-23-16-9-8-15(11-13(16)2)24(21,22)19-12-14-7-6-10-18-17(14)20(3)4/h6-11,19H,5,12H2,1-4H3. The molecule has 1 heterocycles. The average Bonchev–Trinajstić information content (AvgIpc) is 2.55. The highest BCUT2D eigenvalue weighted by molar-refractivity contribution is 7.89. The van der Waals surface area contributed by atoms with Crippen molar-refractivity contribution in [1.82, 2.24) is 9.71 Å². The van der Waals surface area contributed by atoms with Crippen molar-refractivity contribution in [3.63, 3.8) is 0 Å². The summed E-state index contributed by atoms with van der Waals surface area (Å²) < 4.78 is 33.1. The summed E-state index contributed by atoms with van der Waals surface area (Å²) in [6.45, 7) is 4.44. The second-order valence-electron chi connectivity index (χ2n) is 5.57. The summed E-state index contributed by atoms with van der Waals surface area (Å²) in [5, 5.41) is 0. The van der Waals surface area contributed by atoms with Crippen molar-refractivity contribution < 1.29 is 13.2 Å². The fourth-order valence-electron chi connectivity index (χ4n) is 2.33. The lowest BCUT2D eigenvalue weighted by Crippen LogP contribution is -2.25. The highest BCUT2D eigenvalue weighted by Crippen LogP contribution is 2.22. The molecule has 1 N–H and O–H groups in total. The molecule has 6 nitrogen and oxygen atoms in total. The summed E-state index contributed by atoms with van der Waals surface area (Å²) in [4.78, 5) is 6.35. The molecule has 24 heavy (non-hydrogen) atoms. The Morgan fingerprint density at radius 2 is 2.00 bits per heavy atom. The topological polar surface area (TPSA) is 71.5 Å². The van der Waals surface area contributed by atoms with Gasteiger partial charge in [0.05, 0.1) is 11.5 Å². The Balaban J connectivity index is 2.19. The highest BCUT2D eigenvalue weighted by atomic mass is 32.2. The SMILES string of the molecule is CCOc1ccc(S(=O)(=O)NCc2cccnc2N(C)C)cc1C. The molecule has 2 rings (SSSR count). The Bertz CT molecular complexity index is 804. The Morgan fingerprint density at radius 3 is 2.62 bits per heavy atom. The van der Waals surface area contributed by atoms with Gasteiger partial charge in [0.2, 0.25) is 10.0 Å². The molecule has 0 radical (unpaired) electrons. The van der Waals surface area contributed by atoms with Crippen molar-refractivity contribution in [2.45, 2.75) is 25.3 Å². The van der Waals surface area contributed by atoms with E-state index >= 15 is 0 Å². The van der Waals surface area contributed by atoms with Crippen LogP contribution in [-0.2, 0) is 16.6 Å². The number of hydrogen-bond donors (Lipinski definition) is 1. The minimum Gasteiger partial charge on any atom is -0.494 e. The Kier molecular flexibility index (Phi) is 5.80. The van der Waals surface area contributed by atoms with Crippen LogP contribution in [0, 0.1) is 6.92 Å². The van der Waals surface area contributed by atoms with Gasteiger partial charge in [-0.2, -0.15) is 0 Å². The second kappa shape index (κ2) is 7.63. The van der Waals surface area contributed by atoms with Crippen molar-refractivity contribution in [2.24, 2.45) is 0 Å². The van der Waals surface area contributed by atoms with Gasteiger partial charge in [-0.15, -0.1) is 0 Å². The lowest BCUT2D eigenvalue weighted by Gasteiger charge is -2.16. The molecule has 130 valence electrons. The second-order valence-corrected chi connectivity index (χ2v) is 7.33. The van der Waals surface area contributed by atoms with Gasteiger partial charge in [0.15, 0.2) is 0 Å². The first kappa shape index (κ1) is 18.2. The maximum Gasteiger partial charge on any atom is 0.240 e. The first-order chi connectivity index (χ1) is 11.3. The monoisotopic (exact) mass is 349 g/mol. The minimum atomic E-state index is -3.61. The molecule has 0 aliphatic rings. The third-order valence-electron chi connectivity index (χ3n) is 3.50. The van der Waals surface area contributed by atoms with E-state index in [4.69, 9.17) is 4.74 Å². The number of ether oxygens (including phenoxy) is 1. The number of aryl methyl sites for hydroxylation is 1. The van der Waals surface area contributed by atoms with E-state index in [1.807, 2.05) is 38.9 Å². The zero-order valence-corrected chi connectivity index (χ0v) is 15.2. The molecule has 0 spiro atoms. The summed E-state index contributed by atoms with van der Waals surface area (Å²) in [5.74, 6) is 1.43. The lowest BCUT2D eigenvalue weighted by atomic mass is 10.2. The van der Waals surface area contributed by atoms with Crippen LogP contribution in [0.1, 0.15) is 18.1 Å². The molecule has 7 heteroatoms. The molecule has 2 aromatic rings. The van der Waals surface area contributed by atoms with Crippen molar-refractivity contribution in [3.05, 3.63) is 47.7 Å². The normalized spacial score (nSPS) is 11.3. The molecule has 0 unspecified atom stereocenters. The third kappa shape index (κ3) is 4.24. The number of aromatic nitrogens is 1. The molecule has 1 aromatic heterocycles. The fraction of sp³-hybridized carbons (Fsp3) is 0.353. The van der Waals surface area contributed by atoms with Gasteiger partial charge in [-0.05, 0) is 43.7 Å². The number of rotatable bonds is 7. The number of pyridine rings is 1. The van der Waals surface area contributed by atoms with Crippen LogP contribution in [0.2, 0.25) is 0 Å². The van der Waals surface area contributed by atoms with E-state index in [0.717, 1.165) is 16.9 Å². The number of hydrogen-bond acceptors (Lipinski definition) is 5. The molecular weight excluding hydrogens is 326 g/mol. The molecule has 0 saturated heterocycles. The molecule has 0 aliphatic heterocycles. The van der Waals surface area contributed by atoms with Crippen LogP contribution in [0.5, 0.6) is 5.75 Å². The molecule has 0 aliphatic carbocycles. The van der Waals surface area contributed by atoms with E-state index < -0.39 is 10.0 Å². The molecule has 0 fully saturated rings. The van der Waals surface area contributed by atoms with Gasteiger partial charge in [0.25, 0.3) is 0 Å². The molecule has 1 aromatic carbocycles. The number of nitrogens with zero attached hydrogens (tertiary/aromatic N) is 2. The summed E-state index contributed by atoms with van der Waals surface area (Å²) in [6, 6.07) is 8.49. The zero-order chi connectivity index (χ0) is 17.7. The van der Waals surface area contributed by atoms with Crippen molar-refractivity contribution >= 4 is 15.8 Å². The Morgan fingerprint density at radius 1 is 1.25 bits per heavy atom. The van der Waals surface area contributed by atoms with Gasteiger partial charge in [0, 0.05) is 32.4 Å². The van der Waals surface area contributed by atoms with Crippen LogP contribution in [0.15, 0.2) is 41.4 Å². The molecule has 0 atom stereocenters. The number of anilines is 1. The van der Waals surface area contributed by atoms with Gasteiger partial charge in [-0.25, -0.2) is 18.1 Å². The predicted octanol–water partition coefficient (Wildman–Crippen LogP) is 2.33. The summed E-state index contributed by atoms with van der Waals surface area (Å²) in [6.07, 6.45) is 1.68. The van der Waals surface area contributed by atoms with Crippen LogP contribution in [0.4, 0.5) is 5.82 Å². The van der Waals surface area contributed by atoms with Gasteiger partial charge in [-0.3, -0.25) is 0 Å².